The van der Waals surface area contributed by atoms with E-state index in [-0.39, 0.29) is 17.7 Å². The van der Waals surface area contributed by atoms with Gasteiger partial charge in [-0.3, -0.25) is 4.79 Å². The van der Waals surface area contributed by atoms with Crippen molar-refractivity contribution in [3.8, 4) is 5.75 Å². The molecule has 0 bridgehead atoms. The zero-order valence-electron chi connectivity index (χ0n) is 11.6. The largest absolute Gasteiger partial charge is 0.508 e. The third kappa shape index (κ3) is 3.47. The normalized spacial score (nSPS) is 20.8. The summed E-state index contributed by atoms with van der Waals surface area (Å²) in [5.41, 5.74) is 1.42. The third-order valence-corrected chi connectivity index (χ3v) is 3.77. The van der Waals surface area contributed by atoms with Crippen LogP contribution in [0.1, 0.15) is 42.1 Å². The molecule has 2 unspecified atom stereocenters. The quantitative estimate of drug-likeness (QED) is 0.780. The van der Waals surface area contributed by atoms with Gasteiger partial charge in [0.25, 0.3) is 5.91 Å². The molecule has 0 radical (unpaired) electrons. The highest BCUT2D eigenvalue weighted by Gasteiger charge is 2.21. The van der Waals surface area contributed by atoms with E-state index in [1.807, 2.05) is 13.8 Å². The zero-order valence-corrected chi connectivity index (χ0v) is 11.6. The Kier molecular flexibility index (Phi) is 4.43. The predicted molar refractivity (Wildman–Crippen MR) is 75.4 cm³/mol. The minimum atomic E-state index is -0.0719. The molecular formula is C15H22N2O2. The Morgan fingerprint density at radius 1 is 1.47 bits per heavy atom. The highest BCUT2D eigenvalue weighted by Crippen LogP contribution is 2.16. The van der Waals surface area contributed by atoms with Crippen LogP contribution >= 0.6 is 0 Å². The van der Waals surface area contributed by atoms with E-state index in [4.69, 9.17) is 0 Å². The molecule has 3 N–H and O–H groups in total. The average molecular weight is 262 g/mol. The molecule has 104 valence electrons. The zero-order chi connectivity index (χ0) is 13.8. The number of hydrogen-bond acceptors (Lipinski definition) is 3. The van der Waals surface area contributed by atoms with E-state index in [1.54, 1.807) is 18.2 Å². The van der Waals surface area contributed by atoms with Crippen LogP contribution in [0.15, 0.2) is 18.2 Å². The van der Waals surface area contributed by atoms with Crippen LogP contribution < -0.4 is 10.6 Å². The minimum Gasteiger partial charge on any atom is -0.508 e. The van der Waals surface area contributed by atoms with Crippen LogP contribution in [0.4, 0.5) is 0 Å². The van der Waals surface area contributed by atoms with E-state index < -0.39 is 0 Å². The first-order valence-electron chi connectivity index (χ1n) is 6.92. The molecule has 1 aromatic rings. The molecule has 4 nitrogen and oxygen atoms in total. The molecule has 1 aliphatic heterocycles. The van der Waals surface area contributed by atoms with Gasteiger partial charge in [0, 0.05) is 17.6 Å². The van der Waals surface area contributed by atoms with Gasteiger partial charge in [-0.15, -0.1) is 0 Å². The van der Waals surface area contributed by atoms with E-state index in [1.165, 1.54) is 12.8 Å². The Morgan fingerprint density at radius 2 is 2.26 bits per heavy atom. The van der Waals surface area contributed by atoms with Crippen molar-refractivity contribution >= 4 is 5.91 Å². The first-order chi connectivity index (χ1) is 9.08. The van der Waals surface area contributed by atoms with Gasteiger partial charge >= 0.3 is 0 Å². The third-order valence-electron chi connectivity index (χ3n) is 3.77. The van der Waals surface area contributed by atoms with Gasteiger partial charge in [0.15, 0.2) is 0 Å². The Labute approximate surface area is 114 Å². The van der Waals surface area contributed by atoms with Gasteiger partial charge in [-0.1, -0.05) is 6.42 Å². The van der Waals surface area contributed by atoms with Crippen LogP contribution in [0.3, 0.4) is 0 Å². The predicted octanol–water partition coefficient (Wildman–Crippen LogP) is 1.96. The molecule has 0 aromatic heterocycles. The van der Waals surface area contributed by atoms with Crippen molar-refractivity contribution in [2.24, 2.45) is 0 Å². The second kappa shape index (κ2) is 6.06. The number of aromatic hydroxyl groups is 1. The van der Waals surface area contributed by atoms with Crippen molar-refractivity contribution in [3.05, 3.63) is 29.3 Å². The number of phenolic OH excluding ortho intramolecular Hbond substituents is 1. The van der Waals surface area contributed by atoms with E-state index in [0.29, 0.717) is 11.6 Å². The Morgan fingerprint density at radius 3 is 2.89 bits per heavy atom. The van der Waals surface area contributed by atoms with E-state index >= 15 is 0 Å². The Hall–Kier alpha value is -1.55. The van der Waals surface area contributed by atoms with Gasteiger partial charge in [-0.25, -0.2) is 0 Å². The number of nitrogens with one attached hydrogen (secondary N) is 2. The summed E-state index contributed by atoms with van der Waals surface area (Å²) in [4.78, 5) is 12.2. The summed E-state index contributed by atoms with van der Waals surface area (Å²) in [7, 11) is 0. The molecule has 4 heteroatoms. The van der Waals surface area contributed by atoms with Crippen molar-refractivity contribution in [1.29, 1.82) is 0 Å². The Bertz CT molecular complexity index is 453. The van der Waals surface area contributed by atoms with Crippen LogP contribution in [0, 0.1) is 6.92 Å². The van der Waals surface area contributed by atoms with Crippen LogP contribution in [0.5, 0.6) is 5.75 Å². The number of benzene rings is 1. The fourth-order valence-electron chi connectivity index (χ4n) is 2.59. The molecule has 1 fully saturated rings. The summed E-state index contributed by atoms with van der Waals surface area (Å²) < 4.78 is 0. The molecule has 0 saturated carbocycles. The van der Waals surface area contributed by atoms with Gasteiger partial charge < -0.3 is 15.7 Å². The fourth-order valence-corrected chi connectivity index (χ4v) is 2.59. The van der Waals surface area contributed by atoms with Crippen LogP contribution in [-0.2, 0) is 0 Å². The summed E-state index contributed by atoms with van der Waals surface area (Å²) in [6.45, 7) is 4.90. The van der Waals surface area contributed by atoms with E-state index in [2.05, 4.69) is 10.6 Å². The molecule has 1 amide bonds. The van der Waals surface area contributed by atoms with Gasteiger partial charge in [0.05, 0.1) is 0 Å². The molecule has 0 aliphatic carbocycles. The maximum absolute atomic E-state index is 12.2. The number of amides is 1. The number of rotatable bonds is 3. The van der Waals surface area contributed by atoms with E-state index in [9.17, 15) is 9.90 Å². The molecule has 1 aromatic carbocycles. The molecule has 1 heterocycles. The van der Waals surface area contributed by atoms with Gasteiger partial charge in [-0.05, 0) is 57.0 Å². The lowest BCUT2D eigenvalue weighted by atomic mass is 9.98. The highest BCUT2D eigenvalue weighted by atomic mass is 16.3. The van der Waals surface area contributed by atoms with Crippen molar-refractivity contribution < 1.29 is 9.90 Å². The molecule has 19 heavy (non-hydrogen) atoms. The molecular weight excluding hydrogens is 240 g/mol. The first kappa shape index (κ1) is 13.9. The number of aryl methyl sites for hydroxylation is 1. The van der Waals surface area contributed by atoms with E-state index in [0.717, 1.165) is 18.5 Å². The SMILES string of the molecule is Cc1cc(O)ccc1C(=O)NC(C)C1CCCCN1. The number of carbonyl (C=O) groups is 1. The van der Waals surface area contributed by atoms with Crippen molar-refractivity contribution in [2.75, 3.05) is 6.54 Å². The standard InChI is InChI=1S/C15H22N2O2/c1-10-9-12(18)6-7-13(10)15(19)17-11(2)14-5-3-4-8-16-14/h6-7,9,11,14,16,18H,3-5,8H2,1-2H3,(H,17,19). The molecule has 2 rings (SSSR count). The first-order valence-corrected chi connectivity index (χ1v) is 6.92. The highest BCUT2D eigenvalue weighted by molar-refractivity contribution is 5.96. The van der Waals surface area contributed by atoms with Crippen molar-refractivity contribution in [3.63, 3.8) is 0 Å². The lowest BCUT2D eigenvalue weighted by molar-refractivity contribution is 0.0927. The van der Waals surface area contributed by atoms with Gasteiger partial charge in [0.2, 0.25) is 0 Å². The summed E-state index contributed by atoms with van der Waals surface area (Å²) in [5, 5.41) is 15.9. The lowest BCUT2D eigenvalue weighted by Gasteiger charge is -2.29. The molecule has 0 spiro atoms. The Balaban J connectivity index is 1.99. The monoisotopic (exact) mass is 262 g/mol. The van der Waals surface area contributed by atoms with Crippen molar-refractivity contribution in [2.45, 2.75) is 45.2 Å². The minimum absolute atomic E-state index is 0.0719. The topological polar surface area (TPSA) is 61.4 Å². The van der Waals surface area contributed by atoms with Crippen LogP contribution in [0.2, 0.25) is 0 Å². The number of phenols is 1. The van der Waals surface area contributed by atoms with Gasteiger partial charge in [-0.2, -0.15) is 0 Å². The summed E-state index contributed by atoms with van der Waals surface area (Å²) >= 11 is 0. The smallest absolute Gasteiger partial charge is 0.251 e. The number of carbonyl (C=O) groups excluding carboxylic acids is 1. The van der Waals surface area contributed by atoms with Crippen molar-refractivity contribution in [1.82, 2.24) is 10.6 Å². The van der Waals surface area contributed by atoms with Gasteiger partial charge in [0.1, 0.15) is 5.75 Å². The second-order valence-corrected chi connectivity index (χ2v) is 5.32. The molecule has 2 atom stereocenters. The maximum Gasteiger partial charge on any atom is 0.251 e. The number of hydrogen-bond donors (Lipinski definition) is 3. The lowest BCUT2D eigenvalue weighted by Crippen LogP contribution is -2.50. The fraction of sp³-hybridized carbons (Fsp3) is 0.533. The summed E-state index contributed by atoms with van der Waals surface area (Å²) in [6.07, 6.45) is 3.54. The summed E-state index contributed by atoms with van der Waals surface area (Å²) in [5.74, 6) is 0.119. The molecule has 1 saturated heterocycles. The molecule has 1 aliphatic rings. The average Bonchev–Trinajstić information content (AvgIpc) is 2.39. The van der Waals surface area contributed by atoms with Crippen LogP contribution in [0.25, 0.3) is 0 Å². The summed E-state index contributed by atoms with van der Waals surface area (Å²) in [6, 6.07) is 5.29. The second-order valence-electron chi connectivity index (χ2n) is 5.32. The maximum atomic E-state index is 12.2. The van der Waals surface area contributed by atoms with Crippen LogP contribution in [-0.4, -0.2) is 29.6 Å². The number of piperidine rings is 1.